The molecule has 0 unspecified atom stereocenters. The quantitative estimate of drug-likeness (QED) is 0.556. The highest BCUT2D eigenvalue weighted by atomic mass is 16.6. The molecule has 0 aliphatic carbocycles. The monoisotopic (exact) mass is 380 g/mol. The molecule has 0 bridgehead atoms. The molecule has 0 spiro atoms. The maximum atomic E-state index is 13.0. The van der Waals surface area contributed by atoms with Gasteiger partial charge in [0.05, 0.1) is 16.5 Å². The third-order valence-electron chi connectivity index (χ3n) is 4.57. The van der Waals surface area contributed by atoms with Crippen LogP contribution in [-0.4, -0.2) is 16.9 Å². The van der Waals surface area contributed by atoms with Crippen LogP contribution in [0.4, 0.5) is 16.2 Å². The first-order chi connectivity index (χ1) is 13.3. The minimum atomic E-state index is -0.632. The van der Waals surface area contributed by atoms with Gasteiger partial charge in [-0.25, -0.2) is 4.79 Å². The molecule has 8 heteroatoms. The number of nitrogens with one attached hydrogen (secondary N) is 3. The Labute approximate surface area is 161 Å². The molecule has 0 aromatic heterocycles. The van der Waals surface area contributed by atoms with E-state index in [2.05, 4.69) is 16.0 Å². The first kappa shape index (κ1) is 19.1. The largest absolute Gasteiger partial charge is 0.327 e. The minimum absolute atomic E-state index is 0.121. The number of carbonyl (C=O) groups is 2. The van der Waals surface area contributed by atoms with Crippen molar-refractivity contribution < 1.29 is 14.5 Å². The molecule has 2 aromatic carbocycles. The second kappa shape index (κ2) is 7.51. The summed E-state index contributed by atoms with van der Waals surface area (Å²) in [6.45, 7) is 5.50. The zero-order valence-corrected chi connectivity index (χ0v) is 15.7. The number of non-ortho nitro benzene ring substituents is 1. The number of anilines is 1. The van der Waals surface area contributed by atoms with Crippen molar-refractivity contribution in [3.05, 3.63) is 80.5 Å². The summed E-state index contributed by atoms with van der Waals surface area (Å²) >= 11 is 0. The van der Waals surface area contributed by atoms with Gasteiger partial charge in [-0.3, -0.25) is 14.9 Å². The Kier molecular flexibility index (Phi) is 5.12. The van der Waals surface area contributed by atoms with Gasteiger partial charge in [-0.1, -0.05) is 29.8 Å². The Hall–Kier alpha value is -3.68. The third-order valence-corrected chi connectivity index (χ3v) is 4.57. The van der Waals surface area contributed by atoms with Crippen molar-refractivity contribution in [1.29, 1.82) is 0 Å². The van der Waals surface area contributed by atoms with Gasteiger partial charge >= 0.3 is 6.03 Å². The van der Waals surface area contributed by atoms with Gasteiger partial charge in [0.15, 0.2) is 0 Å². The van der Waals surface area contributed by atoms with E-state index in [1.807, 2.05) is 32.0 Å². The van der Waals surface area contributed by atoms with Crippen LogP contribution in [0.2, 0.25) is 0 Å². The van der Waals surface area contributed by atoms with E-state index in [-0.39, 0.29) is 5.69 Å². The normalized spacial score (nSPS) is 16.2. The molecule has 1 aliphatic rings. The SMILES string of the molecule is CC1=C(C(=O)Nc2cccc([N+](=O)[O-])c2)[C@@H](c2cc(C)ccc2C)NC(=O)N1. The fourth-order valence-electron chi connectivity index (χ4n) is 3.19. The van der Waals surface area contributed by atoms with Gasteiger partial charge in [-0.15, -0.1) is 0 Å². The summed E-state index contributed by atoms with van der Waals surface area (Å²) in [7, 11) is 0. The third kappa shape index (κ3) is 3.85. The number of carbonyl (C=O) groups excluding carboxylic acids is 2. The molecule has 0 saturated carbocycles. The number of allylic oxidation sites excluding steroid dienone is 1. The van der Waals surface area contributed by atoms with Crippen molar-refractivity contribution in [1.82, 2.24) is 10.6 Å². The molecule has 1 heterocycles. The van der Waals surface area contributed by atoms with Gasteiger partial charge in [0.25, 0.3) is 11.6 Å². The van der Waals surface area contributed by atoms with Crippen molar-refractivity contribution in [2.24, 2.45) is 0 Å². The van der Waals surface area contributed by atoms with Gasteiger partial charge in [-0.05, 0) is 38.0 Å². The Morgan fingerprint density at radius 1 is 1.14 bits per heavy atom. The Balaban J connectivity index is 1.98. The highest BCUT2D eigenvalue weighted by Crippen LogP contribution is 2.30. The lowest BCUT2D eigenvalue weighted by atomic mass is 9.90. The molecule has 0 fully saturated rings. The summed E-state index contributed by atoms with van der Waals surface area (Å²) in [4.78, 5) is 35.5. The van der Waals surface area contributed by atoms with E-state index in [0.29, 0.717) is 17.0 Å². The maximum absolute atomic E-state index is 13.0. The van der Waals surface area contributed by atoms with Crippen LogP contribution in [0.3, 0.4) is 0 Å². The number of amides is 3. The zero-order valence-electron chi connectivity index (χ0n) is 15.7. The summed E-state index contributed by atoms with van der Waals surface area (Å²) in [5, 5.41) is 19.1. The first-order valence-corrected chi connectivity index (χ1v) is 8.67. The minimum Gasteiger partial charge on any atom is -0.327 e. The Morgan fingerprint density at radius 2 is 1.89 bits per heavy atom. The fourth-order valence-corrected chi connectivity index (χ4v) is 3.19. The van der Waals surface area contributed by atoms with E-state index in [4.69, 9.17) is 0 Å². The molecule has 3 rings (SSSR count). The summed E-state index contributed by atoms with van der Waals surface area (Å²) in [6.07, 6.45) is 0. The molecule has 8 nitrogen and oxygen atoms in total. The van der Waals surface area contributed by atoms with Crippen LogP contribution in [-0.2, 0) is 4.79 Å². The van der Waals surface area contributed by atoms with Crippen LogP contribution >= 0.6 is 0 Å². The van der Waals surface area contributed by atoms with E-state index in [1.165, 1.54) is 18.2 Å². The predicted molar refractivity (Wildman–Crippen MR) is 105 cm³/mol. The summed E-state index contributed by atoms with van der Waals surface area (Å²) < 4.78 is 0. The molecule has 144 valence electrons. The van der Waals surface area contributed by atoms with E-state index >= 15 is 0 Å². The lowest BCUT2D eigenvalue weighted by molar-refractivity contribution is -0.384. The van der Waals surface area contributed by atoms with Crippen molar-refractivity contribution in [3.8, 4) is 0 Å². The highest BCUT2D eigenvalue weighted by molar-refractivity contribution is 6.07. The summed E-state index contributed by atoms with van der Waals surface area (Å²) in [6, 6.07) is 10.5. The van der Waals surface area contributed by atoms with E-state index in [1.54, 1.807) is 13.0 Å². The van der Waals surface area contributed by atoms with Gasteiger partial charge in [0.2, 0.25) is 0 Å². The molecule has 28 heavy (non-hydrogen) atoms. The zero-order chi connectivity index (χ0) is 20.4. The molecular weight excluding hydrogens is 360 g/mol. The molecule has 3 amide bonds. The smallest absolute Gasteiger partial charge is 0.319 e. The molecule has 3 N–H and O–H groups in total. The van der Waals surface area contributed by atoms with Crippen LogP contribution in [0.5, 0.6) is 0 Å². The molecular formula is C20H20N4O4. The van der Waals surface area contributed by atoms with Crippen molar-refractivity contribution in [3.63, 3.8) is 0 Å². The molecule has 0 saturated heterocycles. The second-order valence-electron chi connectivity index (χ2n) is 6.69. The molecule has 2 aromatic rings. The van der Waals surface area contributed by atoms with E-state index in [9.17, 15) is 19.7 Å². The average Bonchev–Trinajstić information content (AvgIpc) is 2.63. The predicted octanol–water partition coefficient (Wildman–Crippen LogP) is 3.48. The van der Waals surface area contributed by atoms with Gasteiger partial charge in [0.1, 0.15) is 0 Å². The Bertz CT molecular complexity index is 1010. The number of hydrogen-bond donors (Lipinski definition) is 3. The van der Waals surface area contributed by atoms with Crippen LogP contribution in [0.15, 0.2) is 53.7 Å². The Morgan fingerprint density at radius 3 is 2.61 bits per heavy atom. The number of nitro groups is 1. The lowest BCUT2D eigenvalue weighted by Gasteiger charge is -2.29. The number of rotatable bonds is 4. The van der Waals surface area contributed by atoms with E-state index < -0.39 is 22.9 Å². The summed E-state index contributed by atoms with van der Waals surface area (Å²) in [5.74, 6) is -0.448. The van der Waals surface area contributed by atoms with Gasteiger partial charge in [-0.2, -0.15) is 0 Å². The van der Waals surface area contributed by atoms with Gasteiger partial charge in [0, 0.05) is 23.5 Å². The number of hydrogen-bond acceptors (Lipinski definition) is 4. The number of nitrogens with zero attached hydrogens (tertiary/aromatic N) is 1. The van der Waals surface area contributed by atoms with E-state index in [0.717, 1.165) is 16.7 Å². The van der Waals surface area contributed by atoms with Crippen LogP contribution in [0.1, 0.15) is 29.7 Å². The van der Waals surface area contributed by atoms with Gasteiger partial charge < -0.3 is 16.0 Å². The molecule has 0 radical (unpaired) electrons. The number of urea groups is 1. The van der Waals surface area contributed by atoms with Crippen LogP contribution < -0.4 is 16.0 Å². The number of benzene rings is 2. The van der Waals surface area contributed by atoms with Crippen molar-refractivity contribution >= 4 is 23.3 Å². The lowest BCUT2D eigenvalue weighted by Crippen LogP contribution is -2.46. The number of aryl methyl sites for hydroxylation is 2. The van der Waals surface area contributed by atoms with Crippen LogP contribution in [0, 0.1) is 24.0 Å². The average molecular weight is 380 g/mol. The maximum Gasteiger partial charge on any atom is 0.319 e. The fraction of sp³-hybridized carbons (Fsp3) is 0.200. The number of nitro benzene ring substituents is 1. The first-order valence-electron chi connectivity index (χ1n) is 8.67. The standard InChI is InChI=1S/C20H20N4O4/c1-11-7-8-12(2)16(9-11)18-17(13(3)21-20(26)23-18)19(25)22-14-5-4-6-15(10-14)24(27)28/h4-10,18H,1-3H3,(H,22,25)(H2,21,23,26)/t18-/m1/s1. The molecule has 1 atom stereocenters. The second-order valence-corrected chi connectivity index (χ2v) is 6.69. The highest BCUT2D eigenvalue weighted by Gasteiger charge is 2.32. The summed E-state index contributed by atoms with van der Waals surface area (Å²) in [5.41, 5.74) is 3.72. The van der Waals surface area contributed by atoms with Crippen molar-refractivity contribution in [2.75, 3.05) is 5.32 Å². The van der Waals surface area contributed by atoms with Crippen molar-refractivity contribution in [2.45, 2.75) is 26.8 Å². The topological polar surface area (TPSA) is 113 Å². The van der Waals surface area contributed by atoms with Crippen LogP contribution in [0.25, 0.3) is 0 Å². The molecule has 1 aliphatic heterocycles.